The van der Waals surface area contributed by atoms with E-state index >= 15 is 0 Å². The second-order valence-corrected chi connectivity index (χ2v) is 2.57. The predicted octanol–water partition coefficient (Wildman–Crippen LogP) is 1.92. The Morgan fingerprint density at radius 3 is 2.62 bits per heavy atom. The number of methoxy groups -OCH3 is 1. The van der Waals surface area contributed by atoms with Crippen LogP contribution >= 0.6 is 0 Å². The second kappa shape index (κ2) is 3.55. The molecule has 1 aromatic heterocycles. The molecule has 0 radical (unpaired) electrons. The zero-order valence-electron chi connectivity index (χ0n) is 7.34. The number of aryl methyl sites for hydroxylation is 1. The summed E-state index contributed by atoms with van der Waals surface area (Å²) < 4.78 is 29.6. The molecule has 0 fully saturated rings. The van der Waals surface area contributed by atoms with Gasteiger partial charge in [-0.3, -0.25) is 0 Å². The molecule has 0 aliphatic carbocycles. The third kappa shape index (κ3) is 1.85. The number of halogens is 2. The largest absolute Gasteiger partial charge is 0.496 e. The van der Waals surface area contributed by atoms with Gasteiger partial charge in [-0.1, -0.05) is 0 Å². The van der Waals surface area contributed by atoms with E-state index in [-0.39, 0.29) is 17.1 Å². The highest BCUT2D eigenvalue weighted by molar-refractivity contribution is 5.50. The van der Waals surface area contributed by atoms with Crippen LogP contribution in [0.15, 0.2) is 6.07 Å². The van der Waals surface area contributed by atoms with Gasteiger partial charge in [-0.2, -0.15) is 0 Å². The maximum absolute atomic E-state index is 12.4. The number of alkyl halides is 2. The van der Waals surface area contributed by atoms with E-state index in [0.29, 0.717) is 5.69 Å². The molecule has 0 unspecified atom stereocenters. The smallest absolute Gasteiger partial charge is 0.270 e. The predicted molar refractivity (Wildman–Crippen MR) is 44.9 cm³/mol. The average Bonchev–Trinajstić information content (AvgIpc) is 2.01. The van der Waals surface area contributed by atoms with Gasteiger partial charge in [0.05, 0.1) is 7.11 Å². The third-order valence-electron chi connectivity index (χ3n) is 1.62. The number of pyridine rings is 1. The average molecular weight is 188 g/mol. The highest BCUT2D eigenvalue weighted by atomic mass is 19.3. The summed E-state index contributed by atoms with van der Waals surface area (Å²) in [4.78, 5) is 3.72. The van der Waals surface area contributed by atoms with Crippen molar-refractivity contribution >= 4 is 5.82 Å². The number of rotatable bonds is 2. The van der Waals surface area contributed by atoms with E-state index in [2.05, 4.69) is 4.98 Å². The number of aromatic nitrogens is 1. The summed E-state index contributed by atoms with van der Waals surface area (Å²) in [6.07, 6.45) is -2.66. The Balaban J connectivity index is 3.30. The van der Waals surface area contributed by atoms with E-state index in [1.54, 1.807) is 6.92 Å². The summed E-state index contributed by atoms with van der Waals surface area (Å²) >= 11 is 0. The van der Waals surface area contributed by atoms with Crippen LogP contribution in [0.1, 0.15) is 17.7 Å². The van der Waals surface area contributed by atoms with E-state index in [1.165, 1.54) is 13.2 Å². The Hall–Kier alpha value is -1.39. The molecule has 2 N–H and O–H groups in total. The van der Waals surface area contributed by atoms with Gasteiger partial charge in [0.1, 0.15) is 17.1 Å². The lowest BCUT2D eigenvalue weighted by Gasteiger charge is -2.10. The first kappa shape index (κ1) is 9.70. The minimum absolute atomic E-state index is 0.0833. The van der Waals surface area contributed by atoms with Crippen LogP contribution in [0.2, 0.25) is 0 Å². The van der Waals surface area contributed by atoms with Crippen LogP contribution in [0.25, 0.3) is 0 Å². The molecule has 0 amide bonds. The molecular formula is C8H10F2N2O. The molecule has 1 heterocycles. The zero-order valence-corrected chi connectivity index (χ0v) is 7.34. The van der Waals surface area contributed by atoms with Crippen LogP contribution in [-0.2, 0) is 0 Å². The summed E-state index contributed by atoms with van der Waals surface area (Å²) in [6, 6.07) is 1.43. The Bertz CT molecular complexity index is 315. The molecular weight excluding hydrogens is 178 g/mol. The summed E-state index contributed by atoms with van der Waals surface area (Å²) in [5.41, 5.74) is 5.54. The zero-order chi connectivity index (χ0) is 10.0. The van der Waals surface area contributed by atoms with Crippen molar-refractivity contribution in [2.45, 2.75) is 13.3 Å². The van der Waals surface area contributed by atoms with Crippen LogP contribution < -0.4 is 10.5 Å². The van der Waals surface area contributed by atoms with Gasteiger partial charge >= 0.3 is 0 Å². The summed E-state index contributed by atoms with van der Waals surface area (Å²) in [5.74, 6) is -0.0909. The Labute approximate surface area is 74.5 Å². The van der Waals surface area contributed by atoms with Gasteiger partial charge in [0.2, 0.25) is 0 Å². The number of anilines is 1. The summed E-state index contributed by atoms with van der Waals surface area (Å²) in [5, 5.41) is 0. The fourth-order valence-electron chi connectivity index (χ4n) is 1.06. The first-order chi connectivity index (χ1) is 6.06. The minimum atomic E-state index is -2.66. The van der Waals surface area contributed by atoms with Crippen molar-refractivity contribution in [2.24, 2.45) is 0 Å². The first-order valence-electron chi connectivity index (χ1n) is 3.65. The highest BCUT2D eigenvalue weighted by Crippen LogP contribution is 2.32. The van der Waals surface area contributed by atoms with Gasteiger partial charge in [0, 0.05) is 11.8 Å². The fourth-order valence-corrected chi connectivity index (χ4v) is 1.06. The number of nitrogen functional groups attached to an aromatic ring is 1. The molecule has 0 aliphatic rings. The first-order valence-corrected chi connectivity index (χ1v) is 3.65. The topological polar surface area (TPSA) is 48.1 Å². The van der Waals surface area contributed by atoms with E-state index in [1.807, 2.05) is 0 Å². The fraction of sp³-hybridized carbons (Fsp3) is 0.375. The monoisotopic (exact) mass is 188 g/mol. The molecule has 1 aromatic rings. The lowest BCUT2D eigenvalue weighted by Crippen LogP contribution is -2.02. The van der Waals surface area contributed by atoms with Crippen molar-refractivity contribution in [3.8, 4) is 5.75 Å². The number of hydrogen-bond acceptors (Lipinski definition) is 3. The Morgan fingerprint density at radius 1 is 1.54 bits per heavy atom. The molecule has 0 atom stereocenters. The molecule has 0 spiro atoms. The molecule has 0 aliphatic heterocycles. The molecule has 3 nitrogen and oxygen atoms in total. The number of ether oxygens (including phenoxy) is 1. The van der Waals surface area contributed by atoms with Crippen LogP contribution in [0.5, 0.6) is 5.75 Å². The Kier molecular flexibility index (Phi) is 2.65. The van der Waals surface area contributed by atoms with Crippen molar-refractivity contribution in [3.63, 3.8) is 0 Å². The number of nitrogens with two attached hydrogens (primary N) is 1. The molecule has 13 heavy (non-hydrogen) atoms. The van der Waals surface area contributed by atoms with Crippen molar-refractivity contribution in [3.05, 3.63) is 17.3 Å². The van der Waals surface area contributed by atoms with E-state index in [0.717, 1.165) is 0 Å². The number of nitrogens with zero attached hydrogens (tertiary/aromatic N) is 1. The summed E-state index contributed by atoms with van der Waals surface area (Å²) in [7, 11) is 1.32. The molecule has 72 valence electrons. The van der Waals surface area contributed by atoms with Gasteiger partial charge in [0.25, 0.3) is 6.43 Å². The van der Waals surface area contributed by atoms with Gasteiger partial charge < -0.3 is 10.5 Å². The SMILES string of the molecule is COc1cc(C)nc(N)c1C(F)F. The minimum Gasteiger partial charge on any atom is -0.496 e. The van der Waals surface area contributed by atoms with E-state index < -0.39 is 6.43 Å². The van der Waals surface area contributed by atoms with Crippen LogP contribution in [0.4, 0.5) is 14.6 Å². The molecule has 0 saturated heterocycles. The molecule has 0 aromatic carbocycles. The standard InChI is InChI=1S/C8H10F2N2O/c1-4-3-5(13-2)6(7(9)10)8(11)12-4/h3,7H,1-2H3,(H2,11,12). The quantitative estimate of drug-likeness (QED) is 0.771. The molecule has 5 heteroatoms. The van der Waals surface area contributed by atoms with Crippen LogP contribution in [0, 0.1) is 6.92 Å². The van der Waals surface area contributed by atoms with Gasteiger partial charge in [0.15, 0.2) is 0 Å². The van der Waals surface area contributed by atoms with Crippen LogP contribution in [-0.4, -0.2) is 12.1 Å². The maximum atomic E-state index is 12.4. The van der Waals surface area contributed by atoms with Crippen LogP contribution in [0.3, 0.4) is 0 Å². The Morgan fingerprint density at radius 2 is 2.15 bits per heavy atom. The van der Waals surface area contributed by atoms with E-state index in [9.17, 15) is 8.78 Å². The second-order valence-electron chi connectivity index (χ2n) is 2.57. The molecule has 0 bridgehead atoms. The summed E-state index contributed by atoms with van der Waals surface area (Å²) in [6.45, 7) is 1.66. The maximum Gasteiger partial charge on any atom is 0.270 e. The number of hydrogen-bond donors (Lipinski definition) is 1. The van der Waals surface area contributed by atoms with Gasteiger partial charge in [-0.05, 0) is 6.92 Å². The van der Waals surface area contributed by atoms with Gasteiger partial charge in [-0.25, -0.2) is 13.8 Å². The third-order valence-corrected chi connectivity index (χ3v) is 1.62. The van der Waals surface area contributed by atoms with Crippen molar-refractivity contribution in [1.29, 1.82) is 0 Å². The van der Waals surface area contributed by atoms with Crippen molar-refractivity contribution in [1.82, 2.24) is 4.98 Å². The van der Waals surface area contributed by atoms with Gasteiger partial charge in [-0.15, -0.1) is 0 Å². The van der Waals surface area contributed by atoms with Crippen molar-refractivity contribution < 1.29 is 13.5 Å². The molecule has 0 saturated carbocycles. The lowest BCUT2D eigenvalue weighted by molar-refractivity contribution is 0.147. The molecule has 1 rings (SSSR count). The highest BCUT2D eigenvalue weighted by Gasteiger charge is 2.18. The van der Waals surface area contributed by atoms with Crippen molar-refractivity contribution in [2.75, 3.05) is 12.8 Å². The lowest BCUT2D eigenvalue weighted by atomic mass is 10.2. The van der Waals surface area contributed by atoms with E-state index in [4.69, 9.17) is 10.5 Å². The normalized spacial score (nSPS) is 10.5.